The summed E-state index contributed by atoms with van der Waals surface area (Å²) in [5, 5.41) is 14.4. The van der Waals surface area contributed by atoms with E-state index in [9.17, 15) is 9.00 Å². The van der Waals surface area contributed by atoms with Crippen molar-refractivity contribution in [3.63, 3.8) is 0 Å². The third kappa shape index (κ3) is 5.54. The van der Waals surface area contributed by atoms with Crippen LogP contribution < -0.4 is 10.6 Å². The maximum absolute atomic E-state index is 13.5. The number of rotatable bonds is 8. The Morgan fingerprint density at radius 1 is 1.22 bits per heavy atom. The van der Waals surface area contributed by atoms with E-state index < -0.39 is 9.73 Å². The van der Waals surface area contributed by atoms with E-state index in [4.69, 9.17) is 18.9 Å². The number of carbonyl (C=O) groups excluding carboxylic acids is 1. The van der Waals surface area contributed by atoms with Gasteiger partial charge in [-0.05, 0) is 64.5 Å². The molecule has 0 bridgehead atoms. The molecule has 0 spiro atoms. The van der Waals surface area contributed by atoms with Gasteiger partial charge in [0.25, 0.3) is 0 Å². The van der Waals surface area contributed by atoms with Crippen molar-refractivity contribution in [3.8, 4) is 10.4 Å². The summed E-state index contributed by atoms with van der Waals surface area (Å²) in [5.74, 6) is 0.314. The molecule has 5 rings (SSSR count). The summed E-state index contributed by atoms with van der Waals surface area (Å²) in [4.78, 5) is 18.0. The van der Waals surface area contributed by atoms with Gasteiger partial charge in [-0.25, -0.2) is 18.8 Å². The first kappa shape index (κ1) is 24.7. The van der Waals surface area contributed by atoms with E-state index in [-0.39, 0.29) is 29.5 Å². The van der Waals surface area contributed by atoms with Gasteiger partial charge in [-0.15, -0.1) is 16.4 Å². The average molecular weight is 531 g/mol. The topological polar surface area (TPSA) is 143 Å². The summed E-state index contributed by atoms with van der Waals surface area (Å²) in [6, 6.07) is 5.86. The van der Waals surface area contributed by atoms with E-state index in [0.717, 1.165) is 54.0 Å². The van der Waals surface area contributed by atoms with Crippen molar-refractivity contribution in [2.24, 2.45) is 0 Å². The lowest BCUT2D eigenvalue weighted by molar-refractivity contribution is 0.109. The average Bonchev–Trinajstić information content (AvgIpc) is 3.38. The molecule has 3 N–H and O–H groups in total. The van der Waals surface area contributed by atoms with Crippen LogP contribution in [0.25, 0.3) is 10.4 Å². The zero-order valence-corrected chi connectivity index (χ0v) is 21.9. The predicted octanol–water partition coefficient (Wildman–Crippen LogP) is 5.67. The molecule has 0 saturated heterocycles. The minimum Gasteiger partial charge on any atom is -0.447 e. The molecule has 2 fully saturated rings. The molecule has 192 valence electrons. The van der Waals surface area contributed by atoms with Crippen LogP contribution in [0.15, 0.2) is 40.1 Å². The Kier molecular flexibility index (Phi) is 6.98. The molecule has 2 aliphatic carbocycles. The maximum Gasteiger partial charge on any atom is 0.407 e. The summed E-state index contributed by atoms with van der Waals surface area (Å²) in [6.45, 7) is 3.67. The Balaban J connectivity index is 1.33. The predicted molar refractivity (Wildman–Crippen MR) is 137 cm³/mol. The van der Waals surface area contributed by atoms with Crippen molar-refractivity contribution >= 4 is 38.9 Å². The quantitative estimate of drug-likeness (QED) is 0.338. The Bertz CT molecular complexity index is 1310. The summed E-state index contributed by atoms with van der Waals surface area (Å²) in [7, 11) is -2.97. The Morgan fingerprint density at radius 2 is 2.00 bits per heavy atom. The molecular formula is C24H30N6O4S2. The van der Waals surface area contributed by atoms with Gasteiger partial charge in [0.1, 0.15) is 0 Å². The molecule has 0 aliphatic heterocycles. The van der Waals surface area contributed by atoms with Gasteiger partial charge in [-0.2, -0.15) is 0 Å². The van der Waals surface area contributed by atoms with Gasteiger partial charge in [-0.3, -0.25) is 0 Å². The molecule has 10 nitrogen and oxygen atoms in total. The van der Waals surface area contributed by atoms with Crippen molar-refractivity contribution in [2.75, 3.05) is 5.32 Å². The fourth-order valence-corrected chi connectivity index (χ4v) is 7.64. The molecule has 36 heavy (non-hydrogen) atoms. The Hall–Kier alpha value is -2.99. The molecule has 2 aliphatic rings. The van der Waals surface area contributed by atoms with Crippen molar-refractivity contribution in [1.29, 1.82) is 4.78 Å². The SMILES string of the molecule is CC(C)OC(=O)NC1CCC(c2ncc(-c3ccc(Nc4nnco4)cc3S(=N)(=O)C3CC3)s2)CC1. The molecule has 2 saturated carbocycles. The molecule has 2 aromatic heterocycles. The molecule has 2 heterocycles. The monoisotopic (exact) mass is 530 g/mol. The lowest BCUT2D eigenvalue weighted by atomic mass is 9.86. The smallest absolute Gasteiger partial charge is 0.407 e. The molecule has 12 heteroatoms. The lowest BCUT2D eigenvalue weighted by Crippen LogP contribution is -2.38. The molecule has 1 unspecified atom stereocenters. The van der Waals surface area contributed by atoms with Gasteiger partial charge in [-0.1, -0.05) is 11.2 Å². The second-order valence-electron chi connectivity index (χ2n) is 9.59. The van der Waals surface area contributed by atoms with Crippen molar-refractivity contribution in [3.05, 3.63) is 35.8 Å². The summed E-state index contributed by atoms with van der Waals surface area (Å²) >= 11 is 1.60. The highest BCUT2D eigenvalue weighted by Gasteiger charge is 2.36. The minimum absolute atomic E-state index is 0.115. The number of alkyl carbamates (subject to hydrolysis) is 1. The van der Waals surface area contributed by atoms with Crippen LogP contribution in [0.2, 0.25) is 0 Å². The van der Waals surface area contributed by atoms with Gasteiger partial charge in [0.15, 0.2) is 0 Å². The second kappa shape index (κ2) is 10.2. The zero-order chi connectivity index (χ0) is 25.3. The van der Waals surface area contributed by atoms with E-state index in [1.165, 1.54) is 6.39 Å². The van der Waals surface area contributed by atoms with E-state index in [1.54, 1.807) is 17.4 Å². The number of hydrogen-bond donors (Lipinski definition) is 3. The first-order valence-corrected chi connectivity index (χ1v) is 14.6. The molecule has 0 radical (unpaired) electrons. The summed E-state index contributed by atoms with van der Waals surface area (Å²) in [5.41, 5.74) is 1.43. The maximum atomic E-state index is 13.5. The number of nitrogens with zero attached hydrogens (tertiary/aromatic N) is 3. The summed E-state index contributed by atoms with van der Waals surface area (Å²) in [6.07, 6.45) is 7.77. The lowest BCUT2D eigenvalue weighted by Gasteiger charge is -2.28. The van der Waals surface area contributed by atoms with Crippen LogP contribution >= 0.6 is 11.3 Å². The number of benzene rings is 1. The largest absolute Gasteiger partial charge is 0.447 e. The highest BCUT2D eigenvalue weighted by molar-refractivity contribution is 7.93. The zero-order valence-electron chi connectivity index (χ0n) is 20.2. The normalized spacial score (nSPS) is 21.6. The number of anilines is 2. The number of hydrogen-bond acceptors (Lipinski definition) is 10. The van der Waals surface area contributed by atoms with Gasteiger partial charge in [0.2, 0.25) is 6.39 Å². The highest BCUT2D eigenvalue weighted by Crippen LogP contribution is 2.43. The first-order chi connectivity index (χ1) is 17.3. The molecular weight excluding hydrogens is 500 g/mol. The van der Waals surface area contributed by atoms with Gasteiger partial charge in [0, 0.05) is 34.7 Å². The van der Waals surface area contributed by atoms with Crippen LogP contribution in [0.1, 0.15) is 63.3 Å². The second-order valence-corrected chi connectivity index (χ2v) is 13.0. The van der Waals surface area contributed by atoms with Gasteiger partial charge < -0.3 is 19.8 Å². The number of carbonyl (C=O) groups is 1. The van der Waals surface area contributed by atoms with Gasteiger partial charge in [0.05, 0.1) is 30.6 Å². The van der Waals surface area contributed by atoms with E-state index >= 15 is 0 Å². The third-order valence-corrected chi connectivity index (χ3v) is 10.0. The number of ether oxygens (including phenoxy) is 1. The van der Waals surface area contributed by atoms with Crippen LogP contribution in [0.5, 0.6) is 0 Å². The fraction of sp³-hybridized carbons (Fsp3) is 0.500. The minimum atomic E-state index is -2.97. The van der Waals surface area contributed by atoms with Crippen LogP contribution in [-0.2, 0) is 14.5 Å². The molecule has 1 aromatic carbocycles. The van der Waals surface area contributed by atoms with Crippen LogP contribution in [0.4, 0.5) is 16.5 Å². The van der Waals surface area contributed by atoms with Crippen LogP contribution in [0, 0.1) is 4.78 Å². The number of nitrogens with one attached hydrogen (secondary N) is 3. The van der Waals surface area contributed by atoms with Gasteiger partial charge >= 0.3 is 12.1 Å². The number of thiazole rings is 1. The molecule has 1 atom stereocenters. The third-order valence-electron chi connectivity index (χ3n) is 6.44. The summed E-state index contributed by atoms with van der Waals surface area (Å²) < 4.78 is 32.6. The fourth-order valence-electron chi connectivity index (χ4n) is 4.49. The highest BCUT2D eigenvalue weighted by atomic mass is 32.2. The van der Waals surface area contributed by atoms with Crippen LogP contribution in [-0.4, -0.2) is 42.9 Å². The van der Waals surface area contributed by atoms with Crippen molar-refractivity contribution in [2.45, 2.75) is 80.6 Å². The Labute approximate surface area is 214 Å². The van der Waals surface area contributed by atoms with E-state index in [2.05, 4.69) is 20.8 Å². The van der Waals surface area contributed by atoms with E-state index in [1.807, 2.05) is 32.2 Å². The van der Waals surface area contributed by atoms with Crippen molar-refractivity contribution < 1.29 is 18.2 Å². The van der Waals surface area contributed by atoms with Crippen LogP contribution in [0.3, 0.4) is 0 Å². The molecule has 3 aromatic rings. The van der Waals surface area contributed by atoms with Crippen molar-refractivity contribution in [1.82, 2.24) is 20.5 Å². The number of aromatic nitrogens is 3. The molecule has 1 amide bonds. The standard InChI is InChI=1S/C24H30N6O4S2/c1-14(2)34-24(31)29-16-5-3-15(4-6-16)22-26-12-20(35-22)19-10-7-17(28-23-30-27-13-33-23)11-21(19)36(25,32)18-8-9-18/h7,10-16,18,25H,3-6,8-9H2,1-2H3,(H,28,30)(H,29,31). The number of amides is 1. The Morgan fingerprint density at radius 3 is 2.67 bits per heavy atom. The van der Waals surface area contributed by atoms with E-state index in [0.29, 0.717) is 16.5 Å². The first-order valence-electron chi connectivity index (χ1n) is 12.2.